The number of carbonyl (C=O) groups is 1. The number of aliphatic hydroxyl groups is 2. The summed E-state index contributed by atoms with van der Waals surface area (Å²) in [4.78, 5) is 14.6. The van der Waals surface area contributed by atoms with E-state index in [0.717, 1.165) is 34.4 Å². The number of carbonyl (C=O) groups excluding carboxylic acids is 1. The number of hydrogen-bond donors (Lipinski definition) is 3. The van der Waals surface area contributed by atoms with Gasteiger partial charge in [-0.15, -0.1) is 0 Å². The van der Waals surface area contributed by atoms with Gasteiger partial charge in [-0.1, -0.05) is 60.7 Å². The number of rotatable bonds is 9. The smallest absolute Gasteiger partial charge is 0.257 e. The Bertz CT molecular complexity index is 1760. The van der Waals surface area contributed by atoms with E-state index in [1.54, 1.807) is 18.2 Å². The predicted octanol–water partition coefficient (Wildman–Crippen LogP) is 6.08. The molecule has 7 nitrogen and oxygen atoms in total. The molecule has 12 heteroatoms. The van der Waals surface area contributed by atoms with Gasteiger partial charge in [0.2, 0.25) is 5.82 Å². The first-order valence-electron chi connectivity index (χ1n) is 15.5. The largest absolute Gasteiger partial charge is 0.392 e. The van der Waals surface area contributed by atoms with E-state index in [4.69, 9.17) is 9.47 Å². The van der Waals surface area contributed by atoms with Crippen LogP contribution in [0.25, 0.3) is 11.1 Å². The summed E-state index contributed by atoms with van der Waals surface area (Å²) in [6.45, 7) is 1.67. The molecule has 0 aromatic heterocycles. The molecule has 1 amide bonds. The molecule has 48 heavy (non-hydrogen) atoms. The molecule has 0 aliphatic carbocycles. The lowest BCUT2D eigenvalue weighted by Crippen LogP contribution is -2.38. The van der Waals surface area contributed by atoms with Crippen LogP contribution in [0.4, 0.5) is 22.0 Å². The van der Waals surface area contributed by atoms with Gasteiger partial charge in [0.05, 0.1) is 24.9 Å². The topological polar surface area (TPSA) is 91.3 Å². The van der Waals surface area contributed by atoms with Gasteiger partial charge in [0.25, 0.3) is 5.91 Å². The van der Waals surface area contributed by atoms with Crippen molar-refractivity contribution < 1.29 is 46.4 Å². The summed E-state index contributed by atoms with van der Waals surface area (Å²) in [6, 6.07) is 22.0. The van der Waals surface area contributed by atoms with Gasteiger partial charge >= 0.3 is 0 Å². The third-order valence-electron chi connectivity index (χ3n) is 8.63. The molecule has 0 bridgehead atoms. The lowest BCUT2D eigenvalue weighted by molar-refractivity contribution is -0.252. The van der Waals surface area contributed by atoms with Crippen LogP contribution in [0.1, 0.15) is 57.8 Å². The first kappa shape index (κ1) is 33.7. The van der Waals surface area contributed by atoms with Crippen molar-refractivity contribution in [2.75, 3.05) is 19.6 Å². The molecule has 6 rings (SSSR count). The molecule has 2 aliphatic heterocycles. The lowest BCUT2D eigenvalue weighted by atomic mass is 9.98. The van der Waals surface area contributed by atoms with Crippen LogP contribution in [-0.4, -0.2) is 52.9 Å². The van der Waals surface area contributed by atoms with Crippen LogP contribution >= 0.6 is 0 Å². The number of benzene rings is 4. The molecular weight excluding hydrogens is 635 g/mol. The molecule has 4 unspecified atom stereocenters. The van der Waals surface area contributed by atoms with Crippen molar-refractivity contribution in [1.82, 2.24) is 10.2 Å². The fourth-order valence-corrected chi connectivity index (χ4v) is 6.10. The van der Waals surface area contributed by atoms with Crippen LogP contribution in [0.2, 0.25) is 0 Å². The second-order valence-electron chi connectivity index (χ2n) is 12.0. The summed E-state index contributed by atoms with van der Waals surface area (Å²) < 4.78 is 81.8. The Kier molecular flexibility index (Phi) is 10.2. The van der Waals surface area contributed by atoms with Gasteiger partial charge in [-0.05, 0) is 46.4 Å². The van der Waals surface area contributed by atoms with Crippen LogP contribution in [0.5, 0.6) is 0 Å². The van der Waals surface area contributed by atoms with E-state index in [1.807, 2.05) is 54.6 Å². The highest BCUT2D eigenvalue weighted by Crippen LogP contribution is 2.39. The van der Waals surface area contributed by atoms with E-state index >= 15 is 0 Å². The number of aliphatic hydroxyl groups excluding tert-OH is 2. The summed E-state index contributed by atoms with van der Waals surface area (Å²) in [5.74, 6) is -12.6. The zero-order valence-corrected chi connectivity index (χ0v) is 25.6. The number of halogens is 5. The highest BCUT2D eigenvalue weighted by atomic mass is 19.2. The molecule has 0 saturated carbocycles. The van der Waals surface area contributed by atoms with Gasteiger partial charge in [-0.25, -0.2) is 22.0 Å². The summed E-state index contributed by atoms with van der Waals surface area (Å²) in [6.07, 6.45) is -0.255. The molecule has 4 atom stereocenters. The Labute approximate surface area is 273 Å². The molecular formula is C36H33F5N2O5. The first-order valence-corrected chi connectivity index (χ1v) is 15.5. The van der Waals surface area contributed by atoms with Crippen LogP contribution in [0.3, 0.4) is 0 Å². The van der Waals surface area contributed by atoms with Gasteiger partial charge in [-0.2, -0.15) is 0 Å². The van der Waals surface area contributed by atoms with Crippen molar-refractivity contribution in [2.24, 2.45) is 0 Å². The van der Waals surface area contributed by atoms with Crippen molar-refractivity contribution in [3.05, 3.63) is 130 Å². The quantitative estimate of drug-likeness (QED) is 0.114. The minimum Gasteiger partial charge on any atom is -0.392 e. The minimum absolute atomic E-state index is 0.0663. The Hall–Kier alpha value is -4.20. The van der Waals surface area contributed by atoms with Crippen molar-refractivity contribution >= 4 is 5.91 Å². The van der Waals surface area contributed by atoms with Gasteiger partial charge in [0.15, 0.2) is 29.6 Å². The van der Waals surface area contributed by atoms with Crippen LogP contribution < -0.4 is 5.32 Å². The SMILES string of the molecule is O=C(NCc1cccc(-c2cccc(C3OC(CN4CCC(O)C4)CC(c4ccc(CO)cc4)O3)c2)c1)c1c(F)c(F)c(F)c(F)c1F. The number of ether oxygens (including phenoxy) is 2. The highest BCUT2D eigenvalue weighted by Gasteiger charge is 2.35. The van der Waals surface area contributed by atoms with E-state index < -0.39 is 46.8 Å². The number of likely N-dealkylation sites (tertiary alicyclic amines) is 1. The maximum atomic E-state index is 14.1. The average Bonchev–Trinajstić information content (AvgIpc) is 3.53. The molecule has 4 aromatic carbocycles. The number of amides is 1. The fraction of sp³-hybridized carbons (Fsp3) is 0.306. The van der Waals surface area contributed by atoms with Gasteiger partial charge < -0.3 is 25.0 Å². The van der Waals surface area contributed by atoms with Crippen molar-refractivity contribution in [3.63, 3.8) is 0 Å². The lowest BCUT2D eigenvalue weighted by Gasteiger charge is -2.38. The van der Waals surface area contributed by atoms with Crippen molar-refractivity contribution in [2.45, 2.75) is 50.6 Å². The molecule has 0 spiro atoms. The zero-order chi connectivity index (χ0) is 33.9. The standard InChI is InChI=1S/C36H33F5N2O5/c37-30-29(31(38)33(40)34(41)32(30)39)35(46)42-16-21-3-1-4-23(13-21)24-5-2-6-25(14-24)36-47-27(18-43-12-11-26(45)17-43)15-28(48-36)22-9-7-20(19-44)8-10-22/h1-10,13-14,26-28,36,44-45H,11-12,15-19H2,(H,42,46). The number of β-amino-alcohol motifs (C(OH)–C–C–N with tert-alkyl or cyclic N) is 1. The monoisotopic (exact) mass is 668 g/mol. The Morgan fingerprint density at radius 1 is 0.812 bits per heavy atom. The third kappa shape index (κ3) is 7.27. The van der Waals surface area contributed by atoms with E-state index in [9.17, 15) is 37.0 Å². The Morgan fingerprint density at radius 3 is 2.15 bits per heavy atom. The molecule has 2 saturated heterocycles. The first-order chi connectivity index (χ1) is 23.1. The predicted molar refractivity (Wildman–Crippen MR) is 165 cm³/mol. The molecule has 0 radical (unpaired) electrons. The van der Waals surface area contributed by atoms with Gasteiger partial charge in [-0.3, -0.25) is 9.69 Å². The van der Waals surface area contributed by atoms with E-state index in [-0.39, 0.29) is 31.5 Å². The second kappa shape index (κ2) is 14.5. The number of nitrogens with one attached hydrogen (secondary N) is 1. The van der Waals surface area contributed by atoms with Gasteiger partial charge in [0, 0.05) is 38.2 Å². The zero-order valence-electron chi connectivity index (χ0n) is 25.6. The molecule has 2 fully saturated rings. The van der Waals surface area contributed by atoms with Crippen LogP contribution in [-0.2, 0) is 22.6 Å². The molecule has 2 heterocycles. The number of nitrogens with zero attached hydrogens (tertiary/aromatic N) is 1. The molecule has 3 N–H and O–H groups in total. The minimum atomic E-state index is -2.34. The van der Waals surface area contributed by atoms with E-state index in [2.05, 4.69) is 10.2 Å². The van der Waals surface area contributed by atoms with E-state index in [0.29, 0.717) is 31.5 Å². The maximum Gasteiger partial charge on any atom is 0.257 e. The third-order valence-corrected chi connectivity index (χ3v) is 8.63. The summed E-state index contributed by atoms with van der Waals surface area (Å²) in [7, 11) is 0. The van der Waals surface area contributed by atoms with E-state index in [1.165, 1.54) is 0 Å². The summed E-state index contributed by atoms with van der Waals surface area (Å²) in [5.41, 5.74) is 2.96. The normalized spacial score (nSPS) is 21.4. The fourth-order valence-electron chi connectivity index (χ4n) is 6.10. The summed E-state index contributed by atoms with van der Waals surface area (Å²) >= 11 is 0. The average molecular weight is 669 g/mol. The van der Waals surface area contributed by atoms with Crippen molar-refractivity contribution in [3.8, 4) is 11.1 Å². The molecule has 252 valence electrons. The summed E-state index contributed by atoms with van der Waals surface area (Å²) in [5, 5.41) is 21.7. The second-order valence-corrected chi connectivity index (χ2v) is 12.0. The van der Waals surface area contributed by atoms with Crippen LogP contribution in [0, 0.1) is 29.1 Å². The number of hydrogen-bond acceptors (Lipinski definition) is 6. The Balaban J connectivity index is 1.20. The van der Waals surface area contributed by atoms with Crippen molar-refractivity contribution in [1.29, 1.82) is 0 Å². The van der Waals surface area contributed by atoms with Gasteiger partial charge in [0.1, 0.15) is 5.56 Å². The Morgan fingerprint density at radius 2 is 1.48 bits per heavy atom. The molecule has 2 aliphatic rings. The molecule has 4 aromatic rings. The van der Waals surface area contributed by atoms with Crippen LogP contribution in [0.15, 0.2) is 72.8 Å². The highest BCUT2D eigenvalue weighted by molar-refractivity contribution is 5.94. The maximum absolute atomic E-state index is 14.1.